The van der Waals surface area contributed by atoms with Crippen molar-refractivity contribution in [3.8, 4) is 0 Å². The number of benzene rings is 1. The fraction of sp³-hybridized carbons (Fsp3) is 0.312. The van der Waals surface area contributed by atoms with Crippen LogP contribution in [-0.2, 0) is 20.1 Å². The third-order valence-electron chi connectivity index (χ3n) is 3.33. The first-order valence-electron chi connectivity index (χ1n) is 7.48. The highest BCUT2D eigenvalue weighted by molar-refractivity contribution is 5.92. The number of rotatable bonds is 6. The van der Waals surface area contributed by atoms with Gasteiger partial charge in [-0.25, -0.2) is 4.99 Å². The normalized spacial score (nSPS) is 11.3. The summed E-state index contributed by atoms with van der Waals surface area (Å²) in [5, 5.41) is 10.6. The van der Waals surface area contributed by atoms with E-state index in [1.165, 1.54) is 0 Å². The standard InChI is InChI=1S/C16H22N6O/c1-3-18-16(20-11-14-7-8-21-22(14)2)19-10-12-5-4-6-13(9-12)15(17)23/h4-9H,3,10-11H2,1-2H3,(H2,17,23)(H2,18,19,20). The highest BCUT2D eigenvalue weighted by atomic mass is 16.1. The number of guanidine groups is 1. The second-order valence-electron chi connectivity index (χ2n) is 5.06. The van der Waals surface area contributed by atoms with Crippen LogP contribution >= 0.6 is 0 Å². The molecule has 0 bridgehead atoms. The molecule has 0 spiro atoms. The second kappa shape index (κ2) is 7.98. The molecule has 0 saturated carbocycles. The number of hydrogen-bond donors (Lipinski definition) is 3. The van der Waals surface area contributed by atoms with E-state index in [1.54, 1.807) is 24.4 Å². The number of nitrogens with zero attached hydrogens (tertiary/aromatic N) is 3. The summed E-state index contributed by atoms with van der Waals surface area (Å²) in [5.74, 6) is 0.273. The quantitative estimate of drug-likeness (QED) is 0.542. The Kier molecular flexibility index (Phi) is 5.74. The van der Waals surface area contributed by atoms with Gasteiger partial charge in [-0.15, -0.1) is 0 Å². The van der Waals surface area contributed by atoms with Gasteiger partial charge in [0, 0.05) is 25.4 Å². The molecule has 122 valence electrons. The molecular formula is C16H22N6O. The zero-order valence-electron chi connectivity index (χ0n) is 13.4. The van der Waals surface area contributed by atoms with E-state index in [1.807, 2.05) is 30.8 Å². The van der Waals surface area contributed by atoms with Crippen molar-refractivity contribution in [2.75, 3.05) is 6.54 Å². The number of primary amides is 1. The summed E-state index contributed by atoms with van der Waals surface area (Å²) in [6.45, 7) is 3.86. The van der Waals surface area contributed by atoms with E-state index in [4.69, 9.17) is 5.73 Å². The number of nitrogens with one attached hydrogen (secondary N) is 2. The van der Waals surface area contributed by atoms with Crippen molar-refractivity contribution < 1.29 is 4.79 Å². The van der Waals surface area contributed by atoms with Crippen LogP contribution in [0.15, 0.2) is 41.5 Å². The van der Waals surface area contributed by atoms with Gasteiger partial charge in [0.1, 0.15) is 0 Å². The zero-order chi connectivity index (χ0) is 16.7. The highest BCUT2D eigenvalue weighted by Gasteiger charge is 2.03. The number of carbonyl (C=O) groups excluding carboxylic acids is 1. The molecule has 7 nitrogen and oxygen atoms in total. The Morgan fingerprint density at radius 2 is 2.17 bits per heavy atom. The van der Waals surface area contributed by atoms with Crippen LogP contribution in [0.4, 0.5) is 0 Å². The molecule has 0 aliphatic carbocycles. The summed E-state index contributed by atoms with van der Waals surface area (Å²) in [5.41, 5.74) is 7.78. The maximum atomic E-state index is 11.2. The average molecular weight is 314 g/mol. The van der Waals surface area contributed by atoms with Crippen molar-refractivity contribution in [1.29, 1.82) is 0 Å². The van der Waals surface area contributed by atoms with E-state index in [9.17, 15) is 4.79 Å². The molecule has 0 aliphatic heterocycles. The number of carbonyl (C=O) groups is 1. The topological polar surface area (TPSA) is 97.3 Å². The fourth-order valence-corrected chi connectivity index (χ4v) is 2.08. The molecule has 7 heteroatoms. The summed E-state index contributed by atoms with van der Waals surface area (Å²) in [4.78, 5) is 15.7. The van der Waals surface area contributed by atoms with Gasteiger partial charge in [0.05, 0.1) is 18.8 Å². The number of aromatic nitrogens is 2. The monoisotopic (exact) mass is 314 g/mol. The molecule has 2 rings (SSSR count). The van der Waals surface area contributed by atoms with Gasteiger partial charge >= 0.3 is 0 Å². The van der Waals surface area contributed by atoms with Crippen molar-refractivity contribution in [2.45, 2.75) is 20.0 Å². The molecule has 0 atom stereocenters. The lowest BCUT2D eigenvalue weighted by molar-refractivity contribution is 0.1000. The average Bonchev–Trinajstić information content (AvgIpc) is 2.95. The largest absolute Gasteiger partial charge is 0.366 e. The molecule has 1 amide bonds. The Hall–Kier alpha value is -2.83. The van der Waals surface area contributed by atoms with E-state index in [0.29, 0.717) is 24.6 Å². The van der Waals surface area contributed by atoms with E-state index in [2.05, 4.69) is 20.7 Å². The van der Waals surface area contributed by atoms with Crippen molar-refractivity contribution in [2.24, 2.45) is 17.8 Å². The van der Waals surface area contributed by atoms with Crippen LogP contribution in [0.1, 0.15) is 28.5 Å². The van der Waals surface area contributed by atoms with Crippen LogP contribution in [0.25, 0.3) is 0 Å². The third kappa shape index (κ3) is 4.84. The molecule has 1 aromatic heterocycles. The van der Waals surface area contributed by atoms with Crippen LogP contribution in [0.2, 0.25) is 0 Å². The minimum Gasteiger partial charge on any atom is -0.366 e. The molecule has 4 N–H and O–H groups in total. The summed E-state index contributed by atoms with van der Waals surface area (Å²) in [7, 11) is 1.90. The van der Waals surface area contributed by atoms with Crippen molar-refractivity contribution in [3.05, 3.63) is 53.3 Å². The molecule has 0 unspecified atom stereocenters. The van der Waals surface area contributed by atoms with Crippen molar-refractivity contribution in [3.63, 3.8) is 0 Å². The Bertz CT molecular complexity index is 691. The molecule has 1 aromatic carbocycles. The molecule has 0 aliphatic rings. The first-order valence-corrected chi connectivity index (χ1v) is 7.48. The van der Waals surface area contributed by atoms with Gasteiger partial charge in [0.2, 0.25) is 5.91 Å². The van der Waals surface area contributed by atoms with Gasteiger partial charge in [0.15, 0.2) is 5.96 Å². The van der Waals surface area contributed by atoms with Gasteiger partial charge in [-0.1, -0.05) is 12.1 Å². The SMILES string of the molecule is CCNC(=NCc1cccc(C(N)=O)c1)NCc1ccnn1C. The first-order chi connectivity index (χ1) is 11.1. The minimum atomic E-state index is -0.433. The van der Waals surface area contributed by atoms with Gasteiger partial charge in [-0.05, 0) is 30.7 Å². The maximum Gasteiger partial charge on any atom is 0.248 e. The van der Waals surface area contributed by atoms with Gasteiger partial charge in [-0.2, -0.15) is 5.10 Å². The number of hydrogen-bond acceptors (Lipinski definition) is 3. The molecule has 0 fully saturated rings. The zero-order valence-corrected chi connectivity index (χ0v) is 13.4. The lowest BCUT2D eigenvalue weighted by Gasteiger charge is -2.11. The van der Waals surface area contributed by atoms with Crippen LogP contribution in [-0.4, -0.2) is 28.2 Å². The summed E-state index contributed by atoms with van der Waals surface area (Å²) in [6, 6.07) is 9.13. The third-order valence-corrected chi connectivity index (χ3v) is 3.33. The van der Waals surface area contributed by atoms with Crippen LogP contribution < -0.4 is 16.4 Å². The first kappa shape index (κ1) is 16.5. The smallest absolute Gasteiger partial charge is 0.248 e. The molecule has 2 aromatic rings. The minimum absolute atomic E-state index is 0.433. The van der Waals surface area contributed by atoms with Crippen molar-refractivity contribution in [1.82, 2.24) is 20.4 Å². The number of aryl methyl sites for hydroxylation is 1. The summed E-state index contributed by atoms with van der Waals surface area (Å²) >= 11 is 0. The molecule has 1 heterocycles. The predicted octanol–water partition coefficient (Wildman–Crippen LogP) is 0.774. The highest BCUT2D eigenvalue weighted by Crippen LogP contribution is 2.06. The van der Waals surface area contributed by atoms with Gasteiger partial charge in [-0.3, -0.25) is 9.48 Å². The summed E-state index contributed by atoms with van der Waals surface area (Å²) < 4.78 is 1.81. The van der Waals surface area contributed by atoms with Gasteiger partial charge < -0.3 is 16.4 Å². The fourth-order valence-electron chi connectivity index (χ4n) is 2.08. The lowest BCUT2D eigenvalue weighted by Crippen LogP contribution is -2.37. The molecule has 0 saturated heterocycles. The van der Waals surface area contributed by atoms with Crippen molar-refractivity contribution >= 4 is 11.9 Å². The lowest BCUT2D eigenvalue weighted by atomic mass is 10.1. The molecular weight excluding hydrogens is 292 g/mol. The number of amides is 1. The van der Waals surface area contributed by atoms with E-state index < -0.39 is 5.91 Å². The number of aliphatic imine (C=N–C) groups is 1. The van der Waals surface area contributed by atoms with E-state index >= 15 is 0 Å². The Morgan fingerprint density at radius 1 is 1.35 bits per heavy atom. The van der Waals surface area contributed by atoms with Crippen LogP contribution in [0, 0.1) is 0 Å². The van der Waals surface area contributed by atoms with Crippen LogP contribution in [0.3, 0.4) is 0 Å². The van der Waals surface area contributed by atoms with Crippen LogP contribution in [0.5, 0.6) is 0 Å². The second-order valence-corrected chi connectivity index (χ2v) is 5.06. The predicted molar refractivity (Wildman–Crippen MR) is 89.8 cm³/mol. The molecule has 0 radical (unpaired) electrons. The Labute approximate surface area is 135 Å². The Balaban J connectivity index is 2.02. The molecule has 23 heavy (non-hydrogen) atoms. The summed E-state index contributed by atoms with van der Waals surface area (Å²) in [6.07, 6.45) is 1.76. The van der Waals surface area contributed by atoms with E-state index in [-0.39, 0.29) is 0 Å². The number of nitrogens with two attached hydrogens (primary N) is 1. The van der Waals surface area contributed by atoms with Gasteiger partial charge in [0.25, 0.3) is 0 Å². The maximum absolute atomic E-state index is 11.2. The van der Waals surface area contributed by atoms with E-state index in [0.717, 1.165) is 17.8 Å². The Morgan fingerprint density at radius 3 is 2.83 bits per heavy atom.